The van der Waals surface area contributed by atoms with Crippen molar-refractivity contribution in [1.29, 1.82) is 0 Å². The lowest BCUT2D eigenvalue weighted by atomic mass is 9.86. The quantitative estimate of drug-likeness (QED) is 0.0649. The maximum atomic E-state index is 14.0. The van der Waals surface area contributed by atoms with Crippen molar-refractivity contribution in [2.24, 2.45) is 0 Å². The molecule has 12 heteroatoms. The number of allylic oxidation sites excluding steroid dienone is 5. The van der Waals surface area contributed by atoms with E-state index in [1.165, 1.54) is 45.6 Å². The Balaban J connectivity index is 0.915. The molecule has 11 nitrogen and oxygen atoms in total. The second-order valence-corrected chi connectivity index (χ2v) is 25.0. The number of anilines is 2. The molecule has 0 spiro atoms. The third-order valence-corrected chi connectivity index (χ3v) is 18.3. The minimum absolute atomic E-state index is 0.0267. The van der Waals surface area contributed by atoms with Crippen molar-refractivity contribution in [2.45, 2.75) is 57.8 Å². The molecule has 2 aliphatic heterocycles. The molecule has 1 saturated carbocycles. The number of methoxy groups -OCH3 is 1. The first-order chi connectivity index (χ1) is 33.8. The van der Waals surface area contributed by atoms with Crippen LogP contribution in [0.3, 0.4) is 0 Å². The van der Waals surface area contributed by atoms with Crippen LogP contribution in [0.25, 0.3) is 39.0 Å². The zero-order valence-electron chi connectivity index (χ0n) is 43.2. The van der Waals surface area contributed by atoms with Crippen molar-refractivity contribution in [3.63, 3.8) is 0 Å². The summed E-state index contributed by atoms with van der Waals surface area (Å²) in [4.78, 5) is 45.7. The summed E-state index contributed by atoms with van der Waals surface area (Å²) in [5.74, 6) is -0.237. The fraction of sp³-hybridized carbons (Fsp3) is 0.305. The summed E-state index contributed by atoms with van der Waals surface area (Å²) in [6, 6.07) is 30.2. The van der Waals surface area contributed by atoms with E-state index in [2.05, 4.69) is 111 Å². The van der Waals surface area contributed by atoms with Gasteiger partial charge in [0.2, 0.25) is 5.36 Å². The number of nitrogens with zero attached hydrogens (tertiary/aromatic N) is 4. The number of fused-ring (bicyclic) bond motifs is 4. The normalized spacial score (nSPS) is 17.0. The summed E-state index contributed by atoms with van der Waals surface area (Å²) < 4.78 is 16.0. The first-order valence-corrected chi connectivity index (χ1v) is 27.5. The molecule has 9 rings (SSSR count). The van der Waals surface area contributed by atoms with Gasteiger partial charge in [0.25, 0.3) is 11.8 Å². The Kier molecular flexibility index (Phi) is 13.1. The predicted octanol–water partition coefficient (Wildman–Crippen LogP) is 8.41. The Morgan fingerprint density at radius 3 is 1.87 bits per heavy atom. The molecule has 0 bridgehead atoms. The molecule has 71 heavy (non-hydrogen) atoms. The molecule has 0 saturated heterocycles. The van der Waals surface area contributed by atoms with Gasteiger partial charge in [-0.15, -0.1) is 0 Å². The van der Waals surface area contributed by atoms with Gasteiger partial charge in [-0.3, -0.25) is 9.59 Å². The van der Waals surface area contributed by atoms with Crippen molar-refractivity contribution < 1.29 is 28.1 Å². The Morgan fingerprint density at radius 2 is 1.27 bits per heavy atom. The number of ether oxygens (including phenoxy) is 1. The Bertz CT molecular complexity index is 3350. The molecule has 0 radical (unpaired) electrons. The van der Waals surface area contributed by atoms with Crippen LogP contribution in [0.5, 0.6) is 0 Å². The third kappa shape index (κ3) is 9.17. The molecule has 0 aromatic heterocycles. The topological polar surface area (TPSA) is 110 Å². The van der Waals surface area contributed by atoms with Crippen LogP contribution in [0.1, 0.15) is 73.4 Å². The van der Waals surface area contributed by atoms with Gasteiger partial charge >= 0.3 is 5.97 Å². The highest BCUT2D eigenvalue weighted by atomic mass is 28.3. The zero-order valence-corrected chi connectivity index (χ0v) is 44.2. The number of hydrogen-bond acceptors (Lipinski definition) is 7. The molecule has 0 unspecified atom stereocenters. The molecule has 4 aromatic rings. The van der Waals surface area contributed by atoms with E-state index in [1.54, 1.807) is 12.1 Å². The second-order valence-electron chi connectivity index (χ2n) is 20.7. The fourth-order valence-corrected chi connectivity index (χ4v) is 13.6. The van der Waals surface area contributed by atoms with Crippen molar-refractivity contribution in [3.8, 4) is 22.5 Å². The molecule has 2 N–H and O–H groups in total. The van der Waals surface area contributed by atoms with Crippen LogP contribution < -0.4 is 35.6 Å². The van der Waals surface area contributed by atoms with E-state index in [0.717, 1.165) is 51.5 Å². The van der Waals surface area contributed by atoms with Crippen LogP contribution in [-0.2, 0) is 4.74 Å². The van der Waals surface area contributed by atoms with Crippen LogP contribution in [-0.4, -0.2) is 112 Å². The monoisotopic (exact) mass is 966 g/mol. The Labute approximate surface area is 418 Å². The highest BCUT2D eigenvalue weighted by Crippen LogP contribution is 2.44. The summed E-state index contributed by atoms with van der Waals surface area (Å²) in [5, 5.41) is 11.2. The van der Waals surface area contributed by atoms with Gasteiger partial charge < -0.3 is 29.6 Å². The van der Waals surface area contributed by atoms with Crippen molar-refractivity contribution >= 4 is 64.7 Å². The van der Waals surface area contributed by atoms with Gasteiger partial charge in [-0.2, -0.15) is 0 Å². The number of aryl methyl sites for hydroxylation is 1. The summed E-state index contributed by atoms with van der Waals surface area (Å²) in [7, 11) is 15.6. The van der Waals surface area contributed by atoms with Gasteiger partial charge in [0, 0.05) is 104 Å². The van der Waals surface area contributed by atoms with Crippen LogP contribution >= 0.6 is 0 Å². The number of amides is 2. The van der Waals surface area contributed by atoms with Gasteiger partial charge in [0.1, 0.15) is 47.6 Å². The maximum Gasteiger partial charge on any atom is 0.338 e. The third-order valence-electron chi connectivity index (χ3n) is 14.8. The summed E-state index contributed by atoms with van der Waals surface area (Å²) in [5.41, 5.74) is 13.5. The van der Waals surface area contributed by atoms with Gasteiger partial charge in [-0.1, -0.05) is 31.3 Å². The average molecular weight is 967 g/mol. The van der Waals surface area contributed by atoms with Gasteiger partial charge in [0.05, 0.1) is 18.7 Å². The van der Waals surface area contributed by atoms with Crippen LogP contribution in [0.4, 0.5) is 11.4 Å². The highest BCUT2D eigenvalue weighted by molar-refractivity contribution is 6.98. The van der Waals surface area contributed by atoms with Crippen LogP contribution in [0.15, 0.2) is 124 Å². The summed E-state index contributed by atoms with van der Waals surface area (Å²) in [6.45, 7) is 7.02. The number of benzene rings is 5. The van der Waals surface area contributed by atoms with E-state index < -0.39 is 14.0 Å². The number of esters is 1. The first-order valence-electron chi connectivity index (χ1n) is 24.5. The highest BCUT2D eigenvalue weighted by Gasteiger charge is 2.41. The van der Waals surface area contributed by atoms with Gasteiger partial charge in [-0.05, 0) is 137 Å². The first kappa shape index (κ1) is 48.7. The summed E-state index contributed by atoms with van der Waals surface area (Å²) in [6.07, 6.45) is 9.74. The number of nitrogens with one attached hydrogen (secondary N) is 2. The molecular weight excluding hydrogens is 901 g/mol. The van der Waals surface area contributed by atoms with E-state index in [0.29, 0.717) is 40.9 Å². The number of carbonyl (C=O) groups excluding carboxylic acids is 3. The van der Waals surface area contributed by atoms with Crippen molar-refractivity contribution in [2.75, 3.05) is 73.3 Å². The number of rotatable bonds is 9. The molecule has 2 amide bonds. The minimum atomic E-state index is -2.09. The van der Waals surface area contributed by atoms with Crippen LogP contribution in [0, 0.1) is 6.92 Å². The second kappa shape index (κ2) is 19.1. The zero-order chi connectivity index (χ0) is 50.6. The lowest BCUT2D eigenvalue weighted by Gasteiger charge is -2.38. The number of carbonyl (C=O) groups is 3. The molecule has 2 heterocycles. The van der Waals surface area contributed by atoms with Crippen molar-refractivity contribution in [3.05, 3.63) is 159 Å². The minimum Gasteiger partial charge on any atom is -0.465 e. The number of hydrogen-bond donors (Lipinski definition) is 2. The largest absolute Gasteiger partial charge is 0.465 e. The van der Waals surface area contributed by atoms with E-state index in [4.69, 9.17) is 9.15 Å². The fourth-order valence-electron chi connectivity index (χ4n) is 10.6. The maximum absolute atomic E-state index is 14.0. The molecular formula is C59H66N6O5Si+2. The van der Waals surface area contributed by atoms with Crippen molar-refractivity contribution in [1.82, 2.24) is 15.2 Å². The smallest absolute Gasteiger partial charge is 0.338 e. The molecule has 0 atom stereocenters. The van der Waals surface area contributed by atoms with E-state index in [-0.39, 0.29) is 29.5 Å². The Morgan fingerprint density at radius 1 is 0.676 bits per heavy atom. The van der Waals surface area contributed by atoms with E-state index >= 15 is 0 Å². The summed E-state index contributed by atoms with van der Waals surface area (Å²) >= 11 is 0. The van der Waals surface area contributed by atoms with Gasteiger partial charge in [0.15, 0.2) is 5.71 Å². The molecule has 3 aliphatic carbocycles. The molecule has 364 valence electrons. The van der Waals surface area contributed by atoms with Gasteiger partial charge in [-0.25, -0.2) is 13.9 Å². The lowest BCUT2D eigenvalue weighted by Crippen LogP contribution is -2.49. The lowest BCUT2D eigenvalue weighted by molar-refractivity contribution is -0.462. The Hall–Kier alpha value is -7.31. The standard InChI is InChI=1S/C59H64N6O5Si/c1-35-29-36(13-23-44(35)55-48-27-21-42(64(6)7)33-53(48)71(11,12)54-34-43(65(8)9)22-28-49(54)55)57(66)60-38-15-17-39(18-16-38)61-58(67)37-14-24-45(50(30-37)59(68)69-10)56-46-25-19-40(62(2)3)31-51(46)70-52-32-41(63(4)5)20-26-47(52)56/h13-14,19-34,38-39H,15-18H2,1-12H3/p+2. The predicted molar refractivity (Wildman–Crippen MR) is 291 cm³/mol. The SMILES string of the molecule is COC(=O)c1cc(C(=O)NC2CCC(NC(=O)c3ccc(C4=C5C=CC(=[N+](C)C)C=C5[Si](C)(C)c5cc(N(C)C)ccc54)c(C)c3)CC2)ccc1-c1c2ccc(=[N+](C)C)cc-2oc2cc(N(C)C)ccc12. The molecule has 5 aliphatic rings. The van der Waals surface area contributed by atoms with Crippen LogP contribution in [0.2, 0.25) is 13.1 Å². The molecule has 1 fully saturated rings. The van der Waals surface area contributed by atoms with E-state index in [1.807, 2.05) is 92.3 Å². The average Bonchev–Trinajstić information content (AvgIpc) is 3.35. The van der Waals surface area contributed by atoms with E-state index in [9.17, 15) is 14.4 Å². The molecule has 4 aromatic carbocycles.